The third-order valence-corrected chi connectivity index (χ3v) is 6.79. The molecule has 0 saturated carbocycles. The summed E-state index contributed by atoms with van der Waals surface area (Å²) in [7, 11) is 0. The first kappa shape index (κ1) is 20.6. The lowest BCUT2D eigenvalue weighted by Gasteiger charge is -2.07. The van der Waals surface area contributed by atoms with E-state index in [0.29, 0.717) is 6.54 Å². The fourth-order valence-corrected chi connectivity index (χ4v) is 5.15. The molecule has 0 aliphatic carbocycles. The second-order valence-corrected chi connectivity index (χ2v) is 8.83. The summed E-state index contributed by atoms with van der Waals surface area (Å²) in [6.07, 6.45) is 3.71. The van der Waals surface area contributed by atoms with Crippen LogP contribution >= 0.6 is 23.1 Å². The number of benzene rings is 2. The van der Waals surface area contributed by atoms with Crippen molar-refractivity contribution in [1.29, 1.82) is 0 Å². The van der Waals surface area contributed by atoms with Crippen LogP contribution in [-0.2, 0) is 25.1 Å². The highest BCUT2D eigenvalue weighted by Gasteiger charge is 2.13. The summed E-state index contributed by atoms with van der Waals surface area (Å²) in [5.74, 6) is 1.77. The highest BCUT2D eigenvalue weighted by molar-refractivity contribution is 7.98. The van der Waals surface area contributed by atoms with Gasteiger partial charge in [0.05, 0.1) is 5.69 Å². The van der Waals surface area contributed by atoms with Crippen molar-refractivity contribution in [2.45, 2.75) is 37.2 Å². The lowest BCUT2D eigenvalue weighted by atomic mass is 10.1. The molecule has 30 heavy (non-hydrogen) atoms. The predicted octanol–water partition coefficient (Wildman–Crippen LogP) is 5.97. The van der Waals surface area contributed by atoms with Gasteiger partial charge in [0.1, 0.15) is 10.8 Å². The lowest BCUT2D eigenvalue weighted by Crippen LogP contribution is -2.05. The molecule has 4 rings (SSSR count). The SMILES string of the molecule is C=CCn1c(CCc2ccccc2)nnc1SCc1csc(-c2ccccc2C)n1. The zero-order valence-electron chi connectivity index (χ0n) is 17.0. The van der Waals surface area contributed by atoms with Crippen molar-refractivity contribution in [2.75, 3.05) is 0 Å². The topological polar surface area (TPSA) is 43.6 Å². The van der Waals surface area contributed by atoms with E-state index in [1.54, 1.807) is 23.1 Å². The van der Waals surface area contributed by atoms with Crippen LogP contribution in [0.2, 0.25) is 0 Å². The summed E-state index contributed by atoms with van der Waals surface area (Å²) in [5, 5.41) is 13.0. The molecule has 152 valence electrons. The molecule has 0 spiro atoms. The maximum Gasteiger partial charge on any atom is 0.191 e. The number of aryl methyl sites for hydroxylation is 3. The molecule has 4 aromatic rings. The van der Waals surface area contributed by atoms with Gasteiger partial charge in [-0.2, -0.15) is 0 Å². The zero-order chi connectivity index (χ0) is 20.8. The maximum absolute atomic E-state index is 4.83. The van der Waals surface area contributed by atoms with Crippen LogP contribution in [0.1, 0.15) is 22.6 Å². The first-order valence-electron chi connectivity index (χ1n) is 9.94. The largest absolute Gasteiger partial charge is 0.302 e. The molecular weight excluding hydrogens is 408 g/mol. The molecule has 2 heterocycles. The molecule has 2 aromatic heterocycles. The van der Waals surface area contributed by atoms with Gasteiger partial charge in [0.25, 0.3) is 0 Å². The number of aromatic nitrogens is 4. The van der Waals surface area contributed by atoms with Crippen LogP contribution in [0.25, 0.3) is 10.6 Å². The molecule has 0 bridgehead atoms. The minimum Gasteiger partial charge on any atom is -0.302 e. The second kappa shape index (κ2) is 9.87. The summed E-state index contributed by atoms with van der Waals surface area (Å²) in [6, 6.07) is 18.9. The normalized spacial score (nSPS) is 11.0. The summed E-state index contributed by atoms with van der Waals surface area (Å²) in [6.45, 7) is 6.74. The van der Waals surface area contributed by atoms with Crippen LogP contribution in [0.15, 0.2) is 77.8 Å². The van der Waals surface area contributed by atoms with Crippen molar-refractivity contribution >= 4 is 23.1 Å². The Balaban J connectivity index is 1.44. The molecule has 4 nitrogen and oxygen atoms in total. The Morgan fingerprint density at radius 3 is 2.63 bits per heavy atom. The van der Waals surface area contributed by atoms with E-state index in [-0.39, 0.29) is 0 Å². The molecule has 0 fully saturated rings. The molecule has 0 N–H and O–H groups in total. The van der Waals surface area contributed by atoms with Crippen LogP contribution in [-0.4, -0.2) is 19.7 Å². The first-order valence-corrected chi connectivity index (χ1v) is 11.8. The molecule has 2 aromatic carbocycles. The van der Waals surface area contributed by atoms with E-state index in [9.17, 15) is 0 Å². The Hall–Kier alpha value is -2.70. The standard InChI is InChI=1S/C24H24N4S2/c1-3-15-28-22(14-13-19-10-5-4-6-11-19)26-27-24(28)30-17-20-16-29-23(25-20)21-12-8-7-9-18(21)2/h3-12,16H,1,13-15,17H2,2H3. The number of nitrogens with zero attached hydrogens (tertiary/aromatic N) is 4. The van der Waals surface area contributed by atoms with E-state index >= 15 is 0 Å². The average Bonchev–Trinajstić information content (AvgIpc) is 3.39. The molecule has 0 amide bonds. The Morgan fingerprint density at radius 2 is 1.83 bits per heavy atom. The van der Waals surface area contributed by atoms with Crippen LogP contribution < -0.4 is 0 Å². The fourth-order valence-electron chi connectivity index (χ4n) is 3.27. The van der Waals surface area contributed by atoms with Gasteiger partial charge in [-0.15, -0.1) is 28.1 Å². The maximum atomic E-state index is 4.83. The Labute approximate surface area is 185 Å². The first-order chi connectivity index (χ1) is 14.7. The Morgan fingerprint density at radius 1 is 1.03 bits per heavy atom. The van der Waals surface area contributed by atoms with Gasteiger partial charge >= 0.3 is 0 Å². The zero-order valence-corrected chi connectivity index (χ0v) is 18.6. The predicted molar refractivity (Wildman–Crippen MR) is 126 cm³/mol. The van der Waals surface area contributed by atoms with E-state index < -0.39 is 0 Å². The number of thioether (sulfide) groups is 1. The number of thiazole rings is 1. The van der Waals surface area contributed by atoms with Crippen molar-refractivity contribution < 1.29 is 0 Å². The van der Waals surface area contributed by atoms with Crippen molar-refractivity contribution in [3.63, 3.8) is 0 Å². The number of rotatable bonds is 9. The van der Waals surface area contributed by atoms with Crippen LogP contribution in [0, 0.1) is 6.92 Å². The van der Waals surface area contributed by atoms with Gasteiger partial charge in [-0.1, -0.05) is 72.4 Å². The highest BCUT2D eigenvalue weighted by Crippen LogP contribution is 2.29. The average molecular weight is 433 g/mol. The minimum absolute atomic E-state index is 0.713. The van der Waals surface area contributed by atoms with Gasteiger partial charge in [0.2, 0.25) is 0 Å². The van der Waals surface area contributed by atoms with Crippen LogP contribution in [0.4, 0.5) is 0 Å². The number of hydrogen-bond donors (Lipinski definition) is 0. The third-order valence-electron chi connectivity index (χ3n) is 4.86. The summed E-state index contributed by atoms with van der Waals surface area (Å²) in [4.78, 5) is 4.83. The summed E-state index contributed by atoms with van der Waals surface area (Å²) < 4.78 is 2.16. The molecule has 0 radical (unpaired) electrons. The monoisotopic (exact) mass is 432 g/mol. The van der Waals surface area contributed by atoms with Gasteiger partial charge in [-0.3, -0.25) is 0 Å². The van der Waals surface area contributed by atoms with E-state index in [2.05, 4.69) is 82.2 Å². The molecule has 6 heteroatoms. The molecule has 0 aliphatic rings. The fraction of sp³-hybridized carbons (Fsp3) is 0.208. The Bertz CT molecular complexity index is 1120. The quantitative estimate of drug-likeness (QED) is 0.241. The molecule has 0 unspecified atom stereocenters. The molecular formula is C24H24N4S2. The van der Waals surface area contributed by atoms with E-state index in [4.69, 9.17) is 4.98 Å². The highest BCUT2D eigenvalue weighted by atomic mass is 32.2. The third kappa shape index (κ3) is 4.89. The van der Waals surface area contributed by atoms with Gasteiger partial charge in [0, 0.05) is 29.7 Å². The van der Waals surface area contributed by atoms with Crippen LogP contribution in [0.3, 0.4) is 0 Å². The number of hydrogen-bond acceptors (Lipinski definition) is 5. The Kier molecular flexibility index (Phi) is 6.77. The molecule has 0 saturated heterocycles. The van der Waals surface area contributed by atoms with Gasteiger partial charge in [0.15, 0.2) is 5.16 Å². The molecule has 0 aliphatic heterocycles. The van der Waals surface area contributed by atoms with Gasteiger partial charge in [-0.25, -0.2) is 4.98 Å². The summed E-state index contributed by atoms with van der Waals surface area (Å²) in [5.41, 5.74) is 4.84. The number of allylic oxidation sites excluding steroid dienone is 1. The van der Waals surface area contributed by atoms with Crippen molar-refractivity contribution in [3.8, 4) is 10.6 Å². The minimum atomic E-state index is 0.713. The van der Waals surface area contributed by atoms with Crippen molar-refractivity contribution in [1.82, 2.24) is 19.7 Å². The van der Waals surface area contributed by atoms with Crippen molar-refractivity contribution in [2.24, 2.45) is 0 Å². The van der Waals surface area contributed by atoms with E-state index in [1.807, 2.05) is 12.1 Å². The van der Waals surface area contributed by atoms with Gasteiger partial charge < -0.3 is 4.57 Å². The molecule has 0 atom stereocenters. The van der Waals surface area contributed by atoms with Gasteiger partial charge in [-0.05, 0) is 24.5 Å². The second-order valence-electron chi connectivity index (χ2n) is 7.03. The lowest BCUT2D eigenvalue weighted by molar-refractivity contribution is 0.673. The van der Waals surface area contributed by atoms with Crippen LogP contribution in [0.5, 0.6) is 0 Å². The van der Waals surface area contributed by atoms with E-state index in [0.717, 1.165) is 40.3 Å². The smallest absolute Gasteiger partial charge is 0.191 e. The summed E-state index contributed by atoms with van der Waals surface area (Å²) >= 11 is 3.37. The van der Waals surface area contributed by atoms with Crippen molar-refractivity contribution in [3.05, 3.63) is 95.3 Å². The van der Waals surface area contributed by atoms with E-state index in [1.165, 1.54) is 16.7 Å².